The van der Waals surface area contributed by atoms with Crippen molar-refractivity contribution in [2.45, 2.75) is 50.4 Å². The summed E-state index contributed by atoms with van der Waals surface area (Å²) < 4.78 is 181. The molecule has 29 heteroatoms. The van der Waals surface area contributed by atoms with Gasteiger partial charge >= 0.3 is 53.4 Å². The van der Waals surface area contributed by atoms with Gasteiger partial charge in [0.25, 0.3) is 0 Å². The number of halogens is 9. The smallest absolute Gasteiger partial charge is 0.741 e. The van der Waals surface area contributed by atoms with Crippen molar-refractivity contribution >= 4 is 52.4 Å². The molecule has 0 bridgehead atoms. The van der Waals surface area contributed by atoms with E-state index in [1.54, 1.807) is 6.07 Å². The van der Waals surface area contributed by atoms with Gasteiger partial charge in [-0.2, -0.15) is 44.8 Å². The molecule has 2 aromatic carbocycles. The molecule has 16 nitrogen and oxygen atoms in total. The predicted octanol–water partition coefficient (Wildman–Crippen LogP) is 4.92. The molecule has 3 aromatic heterocycles. The van der Waals surface area contributed by atoms with E-state index in [9.17, 15) is 39.5 Å². The zero-order chi connectivity index (χ0) is 42.8. The fourth-order valence-corrected chi connectivity index (χ4v) is 3.87. The normalized spacial score (nSPS) is 11.7. The van der Waals surface area contributed by atoms with Crippen LogP contribution in [-0.2, 0) is 48.9 Å². The first-order valence-electron chi connectivity index (χ1n) is 14.2. The Bertz CT molecular complexity index is 2250. The summed E-state index contributed by atoms with van der Waals surface area (Å²) in [4.78, 5) is 14.6. The average molecular weight is 1050 g/mol. The third-order valence-corrected chi connectivity index (χ3v) is 7.70. The molecule has 0 fully saturated rings. The second-order valence-electron chi connectivity index (χ2n) is 9.67. The Morgan fingerprint density at radius 3 is 1.05 bits per heavy atom. The minimum Gasteiger partial charge on any atom is -0.741 e. The number of nitriles is 1. The minimum absolute atomic E-state index is 0. The van der Waals surface area contributed by atoms with Gasteiger partial charge in [-0.25, -0.2) is 40.2 Å². The van der Waals surface area contributed by atoms with Crippen LogP contribution in [0.15, 0.2) is 66.7 Å². The van der Waals surface area contributed by atoms with Crippen LogP contribution in [0.1, 0.15) is 20.8 Å². The van der Waals surface area contributed by atoms with Crippen LogP contribution >= 0.6 is 0 Å². The van der Waals surface area contributed by atoms with Crippen LogP contribution in [0.4, 0.5) is 39.5 Å². The molecule has 0 spiro atoms. The molecule has 5 aromatic rings. The largest absolute Gasteiger partial charge is 3.00 e. The average Bonchev–Trinajstić information content (AvgIpc) is 3.62. The number of hydrogen-bond acceptors (Lipinski definition) is 13. The van der Waals surface area contributed by atoms with E-state index in [1.807, 2.05) is 54.6 Å². The predicted molar refractivity (Wildman–Crippen MR) is 176 cm³/mol. The van der Waals surface area contributed by atoms with E-state index < -0.39 is 46.9 Å². The Morgan fingerprint density at radius 1 is 0.579 bits per heavy atom. The topological polar surface area (TPSA) is 277 Å². The zero-order valence-corrected chi connectivity index (χ0v) is 32.7. The first kappa shape index (κ1) is 55.4. The van der Waals surface area contributed by atoms with Gasteiger partial charge in [-0.3, -0.25) is 0 Å². The van der Waals surface area contributed by atoms with Gasteiger partial charge in [-0.15, -0.1) is 0 Å². The maximum atomic E-state index is 10.7. The molecule has 0 aliphatic rings. The van der Waals surface area contributed by atoms with Gasteiger partial charge in [0.1, 0.15) is 11.4 Å². The van der Waals surface area contributed by atoms with Gasteiger partial charge in [0, 0.05) is 20.0 Å². The van der Waals surface area contributed by atoms with Gasteiger partial charge in [-0.05, 0) is 50.2 Å². The minimum atomic E-state index is -6.09. The number of rotatable bonds is 4. The van der Waals surface area contributed by atoms with E-state index in [0.29, 0.717) is 0 Å². The molecular formula is C28H27F9LuN6O10S3+. The molecule has 57 heavy (non-hydrogen) atoms. The van der Waals surface area contributed by atoms with Crippen molar-refractivity contribution < 1.29 is 121 Å². The zero-order valence-electron chi connectivity index (χ0n) is 28.6. The van der Waals surface area contributed by atoms with Crippen LogP contribution in [-0.4, -0.2) is 79.5 Å². The van der Waals surface area contributed by atoms with E-state index in [-0.39, 0.29) is 42.4 Å². The summed E-state index contributed by atoms with van der Waals surface area (Å²) in [5.74, 6) is 1.79. The maximum Gasteiger partial charge on any atom is 3.00 e. The van der Waals surface area contributed by atoms with Crippen LogP contribution in [0.2, 0.25) is 0 Å². The number of nitrogens with zero attached hydrogens (tertiary/aromatic N) is 6. The summed E-state index contributed by atoms with van der Waals surface area (Å²) >= 11 is 0. The number of fused-ring (bicyclic) bond motifs is 2. The third-order valence-electron chi connectivity index (χ3n) is 6.00. The van der Waals surface area contributed by atoms with Gasteiger partial charge in [0.15, 0.2) is 42.0 Å². The van der Waals surface area contributed by atoms with Crippen LogP contribution in [0.5, 0.6) is 0 Å². The first-order chi connectivity index (χ1) is 25.0. The van der Waals surface area contributed by atoms with Crippen molar-refractivity contribution in [2.24, 2.45) is 0 Å². The Hall–Kier alpha value is -3.69. The Balaban J connectivity index is 0. The number of aromatic nitrogens is 5. The van der Waals surface area contributed by atoms with Crippen molar-refractivity contribution in [1.29, 1.82) is 5.26 Å². The third kappa shape index (κ3) is 15.9. The van der Waals surface area contributed by atoms with Crippen molar-refractivity contribution in [1.82, 2.24) is 24.1 Å². The van der Waals surface area contributed by atoms with E-state index in [1.165, 1.54) is 6.92 Å². The van der Waals surface area contributed by atoms with E-state index in [0.717, 1.165) is 58.2 Å². The van der Waals surface area contributed by atoms with E-state index in [4.69, 9.17) is 59.1 Å². The van der Waals surface area contributed by atoms with E-state index in [2.05, 4.69) is 35.1 Å². The van der Waals surface area contributed by atoms with Crippen molar-refractivity contribution in [3.8, 4) is 29.1 Å². The van der Waals surface area contributed by atoms with Crippen LogP contribution in [0, 0.1) is 48.2 Å². The summed E-state index contributed by atoms with van der Waals surface area (Å²) in [5.41, 5.74) is -11.0. The van der Waals surface area contributed by atoms with Crippen molar-refractivity contribution in [3.05, 3.63) is 66.7 Å². The second kappa shape index (κ2) is 21.9. The Kier molecular flexibility index (Phi) is 21.3. The van der Waals surface area contributed by atoms with Crippen LogP contribution in [0.25, 0.3) is 45.1 Å². The van der Waals surface area contributed by atoms with Gasteiger partial charge in [0.2, 0.25) is 0 Å². The molecule has 3 N–H and O–H groups in total. The maximum absolute atomic E-state index is 10.7. The van der Waals surface area contributed by atoms with Gasteiger partial charge < -0.3 is 28.3 Å². The number of aryl methyl sites for hydroxylation is 2. The first-order valence-corrected chi connectivity index (χ1v) is 18.4. The summed E-state index contributed by atoms with van der Waals surface area (Å²) in [6, 6.07) is 24.3. The van der Waals surface area contributed by atoms with Crippen molar-refractivity contribution in [2.75, 3.05) is 0 Å². The van der Waals surface area contributed by atoms with Gasteiger partial charge in [0.05, 0.1) is 28.1 Å². The quantitative estimate of drug-likeness (QED) is 0.100. The SMILES string of the molecule is CC#N.CCn1c(-c2cccc(-c3nc4ccccc4n3CC)n2)nc2ccccc21.O=S(=O)([O-])C(F)(F)F.O=S(=O)([O-])C(F)(F)F.O=S(=O)([O-])C(F)(F)F.[Lu+3].[OH3+]. The molecule has 0 unspecified atom stereocenters. The number of imidazole rings is 2. The number of para-hydroxylation sites is 4. The molecule has 0 aliphatic heterocycles. The fourth-order valence-electron chi connectivity index (χ4n) is 3.87. The molecule has 5 rings (SSSR count). The number of pyridine rings is 1. The number of alkyl halides is 9. The Labute approximate surface area is 346 Å². The molecular weight excluding hydrogens is 1020 g/mol. The summed E-state index contributed by atoms with van der Waals surface area (Å²) in [7, 11) is -18.3. The number of hydrogen-bond donors (Lipinski definition) is 0. The second-order valence-corrected chi connectivity index (χ2v) is 13.8. The molecule has 324 valence electrons. The van der Waals surface area contributed by atoms with Crippen LogP contribution < -0.4 is 0 Å². The molecule has 0 amide bonds. The molecule has 3 heterocycles. The molecule has 0 atom stereocenters. The monoisotopic (exact) mass is 1050 g/mol. The summed E-state index contributed by atoms with van der Waals surface area (Å²) in [6.45, 7) is 7.39. The molecule has 0 saturated heterocycles. The summed E-state index contributed by atoms with van der Waals surface area (Å²) in [6.07, 6.45) is 0. The van der Waals surface area contributed by atoms with E-state index >= 15 is 0 Å². The number of benzene rings is 2. The molecule has 0 radical (unpaired) electrons. The fraction of sp³-hybridized carbons (Fsp3) is 0.286. The molecule has 0 saturated carbocycles. The standard InChI is InChI=1S/C23H21N5.C2H3N.3CHF3O3S.Lu.H2O/c1-3-27-20-14-7-5-10-16(20)25-22(27)18-12-9-13-19(24-18)23-26-17-11-6-8-15-21(17)28(23)4-2;1-2-3;3*2-1(3,4)8(5,6)7;;/h5-15H,3-4H2,1-2H3;1H3;3*(H,5,6,7);;1H2/q;;;;;+3;/p-2. The van der Waals surface area contributed by atoms with Crippen LogP contribution in [0.3, 0.4) is 0 Å². The van der Waals surface area contributed by atoms with Gasteiger partial charge in [-0.1, -0.05) is 30.3 Å². The molecule has 0 aliphatic carbocycles. The van der Waals surface area contributed by atoms with Crippen molar-refractivity contribution in [3.63, 3.8) is 0 Å². The Morgan fingerprint density at radius 2 is 0.825 bits per heavy atom. The summed E-state index contributed by atoms with van der Waals surface area (Å²) in [5, 5.41) is 7.32.